The molecule has 0 aliphatic carbocycles. The van der Waals surface area contributed by atoms with Crippen LogP contribution in [0, 0.1) is 5.92 Å². The monoisotopic (exact) mass is 318 g/mol. The Kier molecular flexibility index (Phi) is 28.1. The van der Waals surface area contributed by atoms with Crippen LogP contribution >= 0.6 is 0 Å². The summed E-state index contributed by atoms with van der Waals surface area (Å²) >= 11 is 0. The molecule has 8 heteroatoms. The third kappa shape index (κ3) is 23.9. The van der Waals surface area contributed by atoms with Gasteiger partial charge in [0.05, 0.1) is 0 Å². The Morgan fingerprint density at radius 2 is 1.56 bits per heavy atom. The molecule has 0 amide bonds. The van der Waals surface area contributed by atoms with Gasteiger partial charge in [-0.05, 0) is 18.8 Å². The number of aliphatic carboxylic acids is 1. The van der Waals surface area contributed by atoms with Gasteiger partial charge in [-0.25, -0.2) is 0 Å². The van der Waals surface area contributed by atoms with Crippen LogP contribution in [0.4, 0.5) is 0 Å². The molecule has 0 rings (SSSR count). The van der Waals surface area contributed by atoms with Crippen LogP contribution in [0.3, 0.4) is 0 Å². The molecule has 0 aromatic heterocycles. The van der Waals surface area contributed by atoms with Crippen LogP contribution in [-0.4, -0.2) is 13.3 Å². The maximum absolute atomic E-state index is 10.3. The van der Waals surface area contributed by atoms with Crippen LogP contribution < -0.4 is 20.2 Å². The molecule has 1 unspecified atom stereocenters. The van der Waals surface area contributed by atoms with Gasteiger partial charge < -0.3 is 25.0 Å². The zero-order valence-corrected chi connectivity index (χ0v) is 11.1. The van der Waals surface area contributed by atoms with Gasteiger partial charge in [-0.1, -0.05) is 26.7 Å². The quantitative estimate of drug-likeness (QED) is 0.502. The Balaban J connectivity index is -0.000000105. The smallest absolute Gasteiger partial charge is 0.907 e. The first-order chi connectivity index (χ1) is 6.45. The number of hydrogen-bond acceptors (Lipinski definition) is 5. The van der Waals surface area contributed by atoms with Gasteiger partial charge >= 0.3 is 33.0 Å². The predicted molar refractivity (Wildman–Crippen MR) is 44.1 cm³/mol. The average molecular weight is 319 g/mol. The maximum Gasteiger partial charge on any atom is 2.00 e. The van der Waals surface area contributed by atoms with E-state index in [9.17, 15) is 9.90 Å². The number of carbonyl (C=O) groups is 1. The van der Waals surface area contributed by atoms with Crippen molar-refractivity contribution in [2.24, 2.45) is 5.92 Å². The van der Waals surface area contributed by atoms with Gasteiger partial charge in [-0.2, -0.15) is 0 Å². The molecule has 0 aromatic carbocycles. The van der Waals surface area contributed by atoms with Gasteiger partial charge in [-0.15, -0.1) is 0 Å². The fraction of sp³-hybridized carbons (Fsp3) is 0.875. The third-order valence-electron chi connectivity index (χ3n) is 1.73. The van der Waals surface area contributed by atoms with Crippen molar-refractivity contribution in [3.8, 4) is 0 Å². The molecule has 0 saturated heterocycles. The molecular weight excluding hydrogens is 304 g/mol. The molecule has 0 bridgehead atoms. The van der Waals surface area contributed by atoms with Gasteiger partial charge in [0.1, 0.15) is 0 Å². The van der Waals surface area contributed by atoms with E-state index in [-0.39, 0.29) is 38.9 Å². The average Bonchev–Trinajstić information content (AvgIpc) is 2.04. The zero-order chi connectivity index (χ0) is 11.6. The number of carboxylic acid groups (broad SMARTS) is 1. The number of rotatable bonds is 5. The van der Waals surface area contributed by atoms with Crippen LogP contribution in [0.25, 0.3) is 0 Å². The first-order valence-corrected chi connectivity index (χ1v) is 4.63. The molecule has 0 aliphatic rings. The summed E-state index contributed by atoms with van der Waals surface area (Å²) in [5.41, 5.74) is 0. The summed E-state index contributed by atoms with van der Waals surface area (Å²) in [4.78, 5) is 10.3. The van der Waals surface area contributed by atoms with Crippen molar-refractivity contribution < 1.29 is 58.0 Å². The summed E-state index contributed by atoms with van der Waals surface area (Å²) in [5.74, 6) is -1.11. The van der Waals surface area contributed by atoms with Gasteiger partial charge in [0.2, 0.25) is 0 Å². The second-order valence-electron chi connectivity index (χ2n) is 2.86. The molecule has 0 fully saturated rings. The van der Waals surface area contributed by atoms with E-state index in [0.717, 1.165) is 19.3 Å². The largest absolute Gasteiger partial charge is 2.00 e. The van der Waals surface area contributed by atoms with E-state index in [1.807, 2.05) is 6.92 Å². The van der Waals surface area contributed by atoms with Gasteiger partial charge in [0.15, 0.2) is 0 Å². The minimum absolute atomic E-state index is 0. The molecule has 0 N–H and O–H groups in total. The van der Waals surface area contributed by atoms with Crippen LogP contribution in [-0.2, 0) is 37.8 Å². The molecule has 0 saturated carbocycles. The molecular formula is C8H15BNi2O5. The van der Waals surface area contributed by atoms with Crippen LogP contribution in [0.5, 0.6) is 0 Å². The summed E-state index contributed by atoms with van der Waals surface area (Å²) in [7, 11) is -2.92. The van der Waals surface area contributed by atoms with Crippen LogP contribution in [0.1, 0.15) is 39.5 Å². The van der Waals surface area contributed by atoms with Crippen molar-refractivity contribution in [3.63, 3.8) is 0 Å². The van der Waals surface area contributed by atoms with E-state index >= 15 is 0 Å². The zero-order valence-electron chi connectivity index (χ0n) is 9.16. The number of carbonyl (C=O) groups excluding carboxylic acids is 1. The van der Waals surface area contributed by atoms with E-state index in [1.165, 1.54) is 0 Å². The fourth-order valence-electron chi connectivity index (χ4n) is 0.939. The maximum atomic E-state index is 10.3. The fourth-order valence-corrected chi connectivity index (χ4v) is 0.939. The summed E-state index contributed by atoms with van der Waals surface area (Å²) < 4.78 is 0. The van der Waals surface area contributed by atoms with Gasteiger partial charge in [0, 0.05) is 5.97 Å². The Morgan fingerprint density at radius 1 is 1.19 bits per heavy atom. The summed E-state index contributed by atoms with van der Waals surface area (Å²) in [6.07, 6.45) is 3.52. The molecule has 0 aromatic rings. The first kappa shape index (κ1) is 25.3. The molecule has 100 valence electrons. The van der Waals surface area contributed by atoms with Gasteiger partial charge in [0.25, 0.3) is 0 Å². The van der Waals surface area contributed by atoms with E-state index in [0.29, 0.717) is 6.42 Å². The molecule has 0 aliphatic heterocycles. The van der Waals surface area contributed by atoms with Crippen molar-refractivity contribution >= 4 is 13.3 Å². The number of hydrogen-bond donors (Lipinski definition) is 0. The summed E-state index contributed by atoms with van der Waals surface area (Å²) in [6, 6.07) is 0. The minimum atomic E-state index is -2.92. The van der Waals surface area contributed by atoms with E-state index < -0.39 is 13.3 Å². The van der Waals surface area contributed by atoms with E-state index in [4.69, 9.17) is 15.1 Å². The van der Waals surface area contributed by atoms with Crippen molar-refractivity contribution in [2.75, 3.05) is 0 Å². The second kappa shape index (κ2) is 17.8. The Bertz CT molecular complexity index is 146. The van der Waals surface area contributed by atoms with Crippen LogP contribution in [0.2, 0.25) is 0 Å². The molecule has 1 atom stereocenters. The summed E-state index contributed by atoms with van der Waals surface area (Å²) in [6.45, 7) is 3.94. The van der Waals surface area contributed by atoms with E-state index in [1.54, 1.807) is 0 Å². The van der Waals surface area contributed by atoms with Crippen molar-refractivity contribution in [1.82, 2.24) is 0 Å². The normalized spacial score (nSPS) is 9.81. The minimum Gasteiger partial charge on any atom is -0.907 e. The Morgan fingerprint density at radius 3 is 1.75 bits per heavy atom. The molecule has 0 radical (unpaired) electrons. The van der Waals surface area contributed by atoms with Gasteiger partial charge in [-0.3, -0.25) is 7.32 Å². The number of carboxylic acids is 1. The SMILES string of the molecule is CCCCC(CC)C(=O)[O-].[Ni+2].[Ni+2].[O-]B([O-])[O-]. The second-order valence-corrected chi connectivity index (χ2v) is 2.86. The van der Waals surface area contributed by atoms with Crippen molar-refractivity contribution in [3.05, 3.63) is 0 Å². The third-order valence-corrected chi connectivity index (χ3v) is 1.73. The van der Waals surface area contributed by atoms with Crippen molar-refractivity contribution in [1.29, 1.82) is 0 Å². The van der Waals surface area contributed by atoms with Crippen LogP contribution in [0.15, 0.2) is 0 Å². The molecule has 0 heterocycles. The molecule has 16 heavy (non-hydrogen) atoms. The molecule has 5 nitrogen and oxygen atoms in total. The first-order valence-electron chi connectivity index (χ1n) is 4.63. The topological polar surface area (TPSA) is 109 Å². The predicted octanol–water partition coefficient (Wildman–Crippen LogP) is -3.00. The summed E-state index contributed by atoms with van der Waals surface area (Å²) in [5, 5.41) is 35.6. The molecule has 0 spiro atoms. The Labute approximate surface area is 117 Å². The van der Waals surface area contributed by atoms with E-state index in [2.05, 4.69) is 6.92 Å². The van der Waals surface area contributed by atoms with Crippen molar-refractivity contribution in [2.45, 2.75) is 39.5 Å². The number of unbranched alkanes of at least 4 members (excludes halogenated alkanes) is 1. The standard InChI is InChI=1S/C8H16O2.BO3.2Ni/c1-3-5-6-7(4-2)8(9)10;2-1(3)4;;/h7H,3-6H2,1-2H3,(H,9,10);;;/q;-3;2*+2/p-1. The Hall–Kier alpha value is 0.402.